The average molecular weight is 593 g/mol. The molecular weight excluding hydrogens is 531 g/mol. The zero-order valence-electron chi connectivity index (χ0n) is 25.5. The molecule has 0 spiro atoms. The van der Waals surface area contributed by atoms with E-state index in [4.69, 9.17) is 9.26 Å². The molecule has 1 aliphatic carbocycles. The topological polar surface area (TPSA) is 82.1 Å². The molecule has 0 amide bonds. The zero-order valence-corrected chi connectivity index (χ0v) is 27.3. The Balaban J connectivity index is 2.15. The molecule has 6 nitrogen and oxygen atoms in total. The highest BCUT2D eigenvalue weighted by atomic mass is 32.2. The molecule has 1 rings (SSSR count). The minimum absolute atomic E-state index is 0.00898. The molecule has 0 heterocycles. The molecule has 1 fully saturated rings. The maximum Gasteiger partial charge on any atom is 0.435 e. The lowest BCUT2D eigenvalue weighted by Gasteiger charge is -2.24. The van der Waals surface area contributed by atoms with Crippen LogP contribution in [0.3, 0.4) is 0 Å². The number of unbranched alkanes of at least 4 members (excludes halogenated alkanes) is 11. The number of thioether (sulfide) groups is 1. The van der Waals surface area contributed by atoms with Crippen LogP contribution in [-0.2, 0) is 18.6 Å². The highest BCUT2D eigenvalue weighted by molar-refractivity contribution is 7.99. The van der Waals surface area contributed by atoms with Gasteiger partial charge in [-0.3, -0.25) is 0 Å². The second-order valence-corrected chi connectivity index (χ2v) is 14.5. The van der Waals surface area contributed by atoms with Crippen molar-refractivity contribution in [3.8, 4) is 0 Å². The van der Waals surface area contributed by atoms with E-state index in [1.807, 2.05) is 0 Å². The molecule has 1 saturated carbocycles. The van der Waals surface area contributed by atoms with Crippen molar-refractivity contribution in [3.63, 3.8) is 0 Å². The van der Waals surface area contributed by atoms with Gasteiger partial charge in [-0.25, -0.2) is 9.36 Å². The molecule has 0 bridgehead atoms. The Kier molecular flexibility index (Phi) is 23.2. The number of hydrogen-bond donors (Lipinski definition) is 1. The smallest absolute Gasteiger partial charge is 0.435 e. The molecule has 0 aromatic carbocycles. The van der Waals surface area contributed by atoms with Crippen molar-refractivity contribution in [2.24, 2.45) is 5.92 Å². The first-order valence-electron chi connectivity index (χ1n) is 16.2. The number of hydrogen-bond acceptors (Lipinski definition) is 6. The first-order valence-corrected chi connectivity index (χ1v) is 18.8. The van der Waals surface area contributed by atoms with Gasteiger partial charge in [0.1, 0.15) is 0 Å². The van der Waals surface area contributed by atoms with Gasteiger partial charge in [0.05, 0.1) is 19.8 Å². The van der Waals surface area contributed by atoms with Crippen LogP contribution in [0, 0.1) is 5.92 Å². The van der Waals surface area contributed by atoms with Gasteiger partial charge in [0.15, 0.2) is 0 Å². The molecule has 232 valence electrons. The maximum atomic E-state index is 11.7. The molecule has 39 heavy (non-hydrogen) atoms. The summed E-state index contributed by atoms with van der Waals surface area (Å²) in [5.41, 5.74) is -1.22. The second kappa shape index (κ2) is 24.5. The van der Waals surface area contributed by atoms with E-state index in [1.54, 1.807) is 0 Å². The summed E-state index contributed by atoms with van der Waals surface area (Å²) in [6.07, 6.45) is 28.1. The first kappa shape index (κ1) is 37.0. The SMILES string of the molecule is CCCCCCC[C@@H](SCCCCCCCCCCC1CCCCC1)[C@H](C)OCCCOP(=O)(O)C(=O)OC. The summed E-state index contributed by atoms with van der Waals surface area (Å²) in [5, 5.41) is 0.468. The van der Waals surface area contributed by atoms with E-state index in [0.717, 1.165) is 13.0 Å². The molecule has 1 N–H and O–H groups in total. The number of carbonyl (C=O) groups is 1. The fraction of sp³-hybridized carbons (Fsp3) is 0.968. The van der Waals surface area contributed by atoms with E-state index >= 15 is 0 Å². The van der Waals surface area contributed by atoms with E-state index < -0.39 is 13.3 Å². The van der Waals surface area contributed by atoms with Crippen LogP contribution < -0.4 is 0 Å². The van der Waals surface area contributed by atoms with E-state index in [1.165, 1.54) is 134 Å². The minimum atomic E-state index is -4.35. The lowest BCUT2D eigenvalue weighted by atomic mass is 9.85. The maximum absolute atomic E-state index is 11.7. The second-order valence-electron chi connectivity index (χ2n) is 11.5. The molecule has 0 radical (unpaired) electrons. The standard InChI is InChI=1S/C31H61O6PS/c1-4-5-6-11-18-24-30(28(2)36-25-20-26-37-38(33,34)31(32)35-3)39-27-19-13-10-8-7-9-12-15-21-29-22-16-14-17-23-29/h28-30H,4-27H2,1-3H3,(H,33,34)/t28-,30+/m0/s1. The van der Waals surface area contributed by atoms with Crippen molar-refractivity contribution < 1.29 is 28.3 Å². The Bertz CT molecular complexity index is 628. The van der Waals surface area contributed by atoms with Crippen LogP contribution in [0.2, 0.25) is 0 Å². The van der Waals surface area contributed by atoms with Gasteiger partial charge in [0, 0.05) is 11.9 Å². The Morgan fingerprint density at radius 3 is 2.15 bits per heavy atom. The predicted octanol–water partition coefficient (Wildman–Crippen LogP) is 10.3. The van der Waals surface area contributed by atoms with Crippen molar-refractivity contribution in [1.82, 2.24) is 0 Å². The third-order valence-electron chi connectivity index (χ3n) is 8.02. The molecule has 0 aromatic rings. The normalized spacial score (nSPS) is 17.5. The Morgan fingerprint density at radius 1 is 0.872 bits per heavy atom. The summed E-state index contributed by atoms with van der Waals surface area (Å²) in [6, 6.07) is 0. The predicted molar refractivity (Wildman–Crippen MR) is 166 cm³/mol. The van der Waals surface area contributed by atoms with Crippen molar-refractivity contribution in [1.29, 1.82) is 0 Å². The van der Waals surface area contributed by atoms with Crippen LogP contribution in [-0.4, -0.2) is 48.0 Å². The molecule has 8 heteroatoms. The Hall–Kier alpha value is -0.0700. The van der Waals surface area contributed by atoms with Crippen LogP contribution in [0.25, 0.3) is 0 Å². The van der Waals surface area contributed by atoms with Crippen molar-refractivity contribution in [2.75, 3.05) is 26.1 Å². The summed E-state index contributed by atoms with van der Waals surface area (Å²) >= 11 is 2.05. The Labute approximate surface area is 245 Å². The molecule has 0 saturated heterocycles. The third-order valence-corrected chi connectivity index (χ3v) is 10.8. The van der Waals surface area contributed by atoms with Gasteiger partial charge >= 0.3 is 13.3 Å². The summed E-state index contributed by atoms with van der Waals surface area (Å²) < 4.78 is 26.9. The highest BCUT2D eigenvalue weighted by Crippen LogP contribution is 2.43. The molecule has 1 unspecified atom stereocenters. The van der Waals surface area contributed by atoms with Gasteiger partial charge in [-0.2, -0.15) is 11.8 Å². The van der Waals surface area contributed by atoms with Gasteiger partial charge in [-0.15, -0.1) is 0 Å². The fourth-order valence-corrected chi connectivity index (χ4v) is 7.57. The fourth-order valence-electron chi connectivity index (χ4n) is 5.50. The minimum Gasteiger partial charge on any atom is -0.460 e. The number of methoxy groups -OCH3 is 1. The summed E-state index contributed by atoms with van der Waals surface area (Å²) in [5.74, 6) is 2.23. The summed E-state index contributed by atoms with van der Waals surface area (Å²) in [6.45, 7) is 4.82. The van der Waals surface area contributed by atoms with Crippen LogP contribution >= 0.6 is 19.4 Å². The van der Waals surface area contributed by atoms with E-state index in [2.05, 4.69) is 30.3 Å². The lowest BCUT2D eigenvalue weighted by Crippen LogP contribution is -2.25. The summed E-state index contributed by atoms with van der Waals surface area (Å²) in [4.78, 5) is 20.8. The number of rotatable bonds is 26. The average Bonchev–Trinajstić information content (AvgIpc) is 2.94. The number of ether oxygens (including phenoxy) is 2. The van der Waals surface area contributed by atoms with E-state index in [9.17, 15) is 14.3 Å². The lowest BCUT2D eigenvalue weighted by molar-refractivity contribution is 0.0536. The van der Waals surface area contributed by atoms with Gasteiger partial charge < -0.3 is 18.9 Å². The van der Waals surface area contributed by atoms with Crippen LogP contribution in [0.1, 0.15) is 149 Å². The van der Waals surface area contributed by atoms with Crippen molar-refractivity contribution >= 4 is 25.1 Å². The molecule has 1 aliphatic rings. The van der Waals surface area contributed by atoms with Gasteiger partial charge in [-0.05, 0) is 37.9 Å². The third kappa shape index (κ3) is 19.6. The largest absolute Gasteiger partial charge is 0.460 e. The molecule has 0 aliphatic heterocycles. The van der Waals surface area contributed by atoms with E-state index in [0.29, 0.717) is 18.3 Å². The first-order chi connectivity index (χ1) is 18.9. The van der Waals surface area contributed by atoms with Crippen LogP contribution in [0.5, 0.6) is 0 Å². The number of carbonyl (C=O) groups excluding carboxylic acids is 1. The van der Waals surface area contributed by atoms with Crippen LogP contribution in [0.15, 0.2) is 0 Å². The zero-order chi connectivity index (χ0) is 28.6. The highest BCUT2D eigenvalue weighted by Gasteiger charge is 2.31. The van der Waals surface area contributed by atoms with Crippen molar-refractivity contribution in [3.05, 3.63) is 0 Å². The van der Waals surface area contributed by atoms with Gasteiger partial charge in [0.25, 0.3) is 0 Å². The Morgan fingerprint density at radius 2 is 1.49 bits per heavy atom. The van der Waals surface area contributed by atoms with Crippen molar-refractivity contribution in [2.45, 2.75) is 160 Å². The van der Waals surface area contributed by atoms with Crippen LogP contribution in [0.4, 0.5) is 4.79 Å². The van der Waals surface area contributed by atoms with Gasteiger partial charge in [0.2, 0.25) is 0 Å². The molecule has 3 atom stereocenters. The quantitative estimate of drug-likeness (QED) is 0.0790. The summed E-state index contributed by atoms with van der Waals surface area (Å²) in [7, 11) is -3.28. The van der Waals surface area contributed by atoms with Gasteiger partial charge in [-0.1, -0.05) is 122 Å². The molecular formula is C31H61O6PS. The van der Waals surface area contributed by atoms with E-state index in [-0.39, 0.29) is 12.7 Å². The molecule has 0 aromatic heterocycles. The monoisotopic (exact) mass is 592 g/mol.